The van der Waals surface area contributed by atoms with Gasteiger partial charge in [-0.3, -0.25) is 9.89 Å². The number of carbonyl (C=O) groups excluding carboxylic acids is 1. The second-order valence-corrected chi connectivity index (χ2v) is 5.64. The first kappa shape index (κ1) is 16.0. The van der Waals surface area contributed by atoms with Crippen molar-refractivity contribution in [2.75, 3.05) is 20.2 Å². The van der Waals surface area contributed by atoms with Gasteiger partial charge in [-0.05, 0) is 30.3 Å². The number of aliphatic carboxylic acids is 1. The van der Waals surface area contributed by atoms with Crippen LogP contribution in [0.25, 0.3) is 11.3 Å². The number of halogens is 1. The molecule has 0 radical (unpaired) electrons. The second kappa shape index (κ2) is 5.95. The van der Waals surface area contributed by atoms with Crippen LogP contribution in [0, 0.1) is 0 Å². The summed E-state index contributed by atoms with van der Waals surface area (Å²) in [5.41, 5.74) is -0.840. The Kier molecular flexibility index (Phi) is 3.96. The van der Waals surface area contributed by atoms with Crippen LogP contribution < -0.4 is 4.74 Å². The summed E-state index contributed by atoms with van der Waals surface area (Å²) in [5, 5.41) is 15.6. The molecule has 1 aliphatic rings. The molecule has 0 spiro atoms. The van der Waals surface area contributed by atoms with Crippen LogP contribution >= 0.6 is 0 Å². The highest BCUT2D eigenvalue weighted by atomic mass is 19.1. The summed E-state index contributed by atoms with van der Waals surface area (Å²) in [6.45, 7) is -0.406. The highest BCUT2D eigenvalue weighted by Crippen LogP contribution is 2.28. The lowest BCUT2D eigenvalue weighted by molar-refractivity contribution is -0.149. The molecular weight excluding hydrogens is 317 g/mol. The number of amides is 1. The summed E-state index contributed by atoms with van der Waals surface area (Å²) in [5.74, 6) is -1.31. The maximum Gasteiger partial charge on any atom is 0.343 e. The fourth-order valence-corrected chi connectivity index (χ4v) is 2.63. The average molecular weight is 333 g/mol. The first-order chi connectivity index (χ1) is 11.4. The molecule has 2 heterocycles. The van der Waals surface area contributed by atoms with Gasteiger partial charge in [0.15, 0.2) is 0 Å². The van der Waals surface area contributed by atoms with E-state index in [1.165, 1.54) is 4.90 Å². The number of benzene rings is 1. The molecule has 24 heavy (non-hydrogen) atoms. The van der Waals surface area contributed by atoms with Gasteiger partial charge in [0.2, 0.25) is 5.67 Å². The minimum absolute atomic E-state index is 0.0541. The lowest BCUT2D eigenvalue weighted by Gasteiger charge is -2.16. The fourth-order valence-electron chi connectivity index (χ4n) is 2.63. The van der Waals surface area contributed by atoms with E-state index in [4.69, 9.17) is 9.84 Å². The Labute approximate surface area is 137 Å². The van der Waals surface area contributed by atoms with E-state index in [0.29, 0.717) is 11.4 Å². The minimum Gasteiger partial charge on any atom is -0.497 e. The molecular formula is C16H16FN3O4. The lowest BCUT2D eigenvalue weighted by atomic mass is 10.1. The third-order valence-corrected chi connectivity index (χ3v) is 4.08. The molecule has 8 heteroatoms. The van der Waals surface area contributed by atoms with Gasteiger partial charge in [0.25, 0.3) is 5.91 Å². The van der Waals surface area contributed by atoms with Crippen LogP contribution in [-0.4, -0.2) is 57.9 Å². The molecule has 1 aromatic heterocycles. The molecule has 126 valence electrons. The molecule has 7 nitrogen and oxygen atoms in total. The number of alkyl halides is 1. The molecule has 1 amide bonds. The number of aromatic amines is 1. The maximum absolute atomic E-state index is 14.1. The van der Waals surface area contributed by atoms with E-state index in [-0.39, 0.29) is 18.7 Å². The van der Waals surface area contributed by atoms with E-state index in [1.807, 2.05) is 0 Å². The van der Waals surface area contributed by atoms with Crippen LogP contribution in [-0.2, 0) is 4.79 Å². The number of rotatable bonds is 4. The largest absolute Gasteiger partial charge is 0.497 e. The number of carboxylic acids is 1. The van der Waals surface area contributed by atoms with Crippen molar-refractivity contribution in [2.24, 2.45) is 0 Å². The summed E-state index contributed by atoms with van der Waals surface area (Å²) in [7, 11) is 1.57. The van der Waals surface area contributed by atoms with E-state index >= 15 is 0 Å². The molecule has 1 unspecified atom stereocenters. The highest BCUT2D eigenvalue weighted by molar-refractivity contribution is 5.94. The van der Waals surface area contributed by atoms with Gasteiger partial charge >= 0.3 is 5.97 Å². The number of carbonyl (C=O) groups is 2. The Morgan fingerprint density at radius 1 is 1.38 bits per heavy atom. The van der Waals surface area contributed by atoms with E-state index in [0.717, 1.165) is 5.56 Å². The van der Waals surface area contributed by atoms with Gasteiger partial charge < -0.3 is 14.7 Å². The summed E-state index contributed by atoms with van der Waals surface area (Å²) < 4.78 is 19.2. The molecule has 2 aromatic rings. The highest BCUT2D eigenvalue weighted by Gasteiger charge is 2.47. The van der Waals surface area contributed by atoms with Crippen molar-refractivity contribution in [3.8, 4) is 17.0 Å². The zero-order valence-electron chi connectivity index (χ0n) is 13.0. The van der Waals surface area contributed by atoms with Crippen molar-refractivity contribution in [1.29, 1.82) is 0 Å². The standard InChI is InChI=1S/C16H16FN3O4/c1-24-11-4-2-10(3-5-11)12-8-13(19-18-12)14(21)20-7-6-16(17,9-20)15(22)23/h2-5,8H,6-7,9H2,1H3,(H,18,19)(H,22,23). The number of methoxy groups -OCH3 is 1. The summed E-state index contributed by atoms with van der Waals surface area (Å²) in [4.78, 5) is 24.5. The van der Waals surface area contributed by atoms with E-state index in [2.05, 4.69) is 10.2 Å². The summed E-state index contributed by atoms with van der Waals surface area (Å²) >= 11 is 0. The van der Waals surface area contributed by atoms with Gasteiger partial charge in [-0.25, -0.2) is 9.18 Å². The first-order valence-electron chi connectivity index (χ1n) is 7.34. The molecule has 1 atom stereocenters. The second-order valence-electron chi connectivity index (χ2n) is 5.64. The molecule has 0 aliphatic carbocycles. The van der Waals surface area contributed by atoms with Crippen LogP contribution in [0.4, 0.5) is 4.39 Å². The summed E-state index contributed by atoms with van der Waals surface area (Å²) in [6, 6.07) is 8.71. The number of nitrogens with one attached hydrogen (secondary N) is 1. The Balaban J connectivity index is 1.75. The minimum atomic E-state index is -2.38. The Bertz CT molecular complexity index is 774. The lowest BCUT2D eigenvalue weighted by Crippen LogP contribution is -2.39. The van der Waals surface area contributed by atoms with Crippen LogP contribution in [0.5, 0.6) is 5.75 Å². The number of ether oxygens (including phenoxy) is 1. The van der Waals surface area contributed by atoms with Crippen LogP contribution in [0.3, 0.4) is 0 Å². The Hall–Kier alpha value is -2.90. The number of hydrogen-bond acceptors (Lipinski definition) is 4. The SMILES string of the molecule is COc1ccc(-c2cc(C(=O)N3CCC(F)(C(=O)O)C3)[nH]n2)cc1. The maximum atomic E-state index is 14.1. The number of carboxylic acid groups (broad SMARTS) is 1. The summed E-state index contributed by atoms with van der Waals surface area (Å²) in [6.07, 6.45) is -0.215. The molecule has 1 fully saturated rings. The van der Waals surface area contributed by atoms with Crippen molar-refractivity contribution >= 4 is 11.9 Å². The molecule has 1 aliphatic heterocycles. The van der Waals surface area contributed by atoms with Gasteiger partial charge in [0, 0.05) is 18.5 Å². The zero-order chi connectivity index (χ0) is 17.3. The smallest absolute Gasteiger partial charge is 0.343 e. The number of hydrogen-bond donors (Lipinski definition) is 2. The topological polar surface area (TPSA) is 95.5 Å². The quantitative estimate of drug-likeness (QED) is 0.888. The van der Waals surface area contributed by atoms with Crippen LogP contribution in [0.2, 0.25) is 0 Å². The molecule has 0 saturated carbocycles. The Morgan fingerprint density at radius 3 is 2.67 bits per heavy atom. The van der Waals surface area contributed by atoms with Crippen molar-refractivity contribution in [3.63, 3.8) is 0 Å². The van der Waals surface area contributed by atoms with Gasteiger partial charge in [-0.15, -0.1) is 0 Å². The molecule has 1 saturated heterocycles. The molecule has 1 aromatic carbocycles. The van der Waals surface area contributed by atoms with Gasteiger partial charge in [-0.1, -0.05) is 0 Å². The zero-order valence-corrected chi connectivity index (χ0v) is 13.0. The van der Waals surface area contributed by atoms with Crippen LogP contribution in [0.15, 0.2) is 30.3 Å². The van der Waals surface area contributed by atoms with Crippen molar-refractivity contribution in [3.05, 3.63) is 36.0 Å². The van der Waals surface area contributed by atoms with Crippen molar-refractivity contribution < 1.29 is 23.8 Å². The van der Waals surface area contributed by atoms with E-state index in [1.54, 1.807) is 37.4 Å². The normalized spacial score (nSPS) is 20.2. The molecule has 3 rings (SSSR count). The number of aromatic nitrogens is 2. The number of H-pyrrole nitrogens is 1. The monoisotopic (exact) mass is 333 g/mol. The predicted molar refractivity (Wildman–Crippen MR) is 82.6 cm³/mol. The first-order valence-corrected chi connectivity index (χ1v) is 7.34. The third-order valence-electron chi connectivity index (χ3n) is 4.08. The molecule has 2 N–H and O–H groups in total. The van der Waals surface area contributed by atoms with Gasteiger partial charge in [0.1, 0.15) is 11.4 Å². The van der Waals surface area contributed by atoms with Crippen molar-refractivity contribution in [1.82, 2.24) is 15.1 Å². The third kappa shape index (κ3) is 2.82. The van der Waals surface area contributed by atoms with Gasteiger partial charge in [-0.2, -0.15) is 5.10 Å². The number of likely N-dealkylation sites (tertiary alicyclic amines) is 1. The van der Waals surface area contributed by atoms with E-state index < -0.39 is 24.1 Å². The average Bonchev–Trinajstić information content (AvgIpc) is 3.22. The van der Waals surface area contributed by atoms with Crippen molar-refractivity contribution in [2.45, 2.75) is 12.1 Å². The van der Waals surface area contributed by atoms with Gasteiger partial charge in [0.05, 0.1) is 19.3 Å². The fraction of sp³-hybridized carbons (Fsp3) is 0.312. The predicted octanol–water partition coefficient (Wildman–Crippen LogP) is 1.72. The Morgan fingerprint density at radius 2 is 2.08 bits per heavy atom. The molecule has 0 bridgehead atoms. The van der Waals surface area contributed by atoms with Crippen LogP contribution in [0.1, 0.15) is 16.9 Å². The number of nitrogens with zero attached hydrogens (tertiary/aromatic N) is 2. The van der Waals surface area contributed by atoms with E-state index in [9.17, 15) is 14.0 Å².